The van der Waals surface area contributed by atoms with Gasteiger partial charge in [0.25, 0.3) is 0 Å². The summed E-state index contributed by atoms with van der Waals surface area (Å²) in [7, 11) is 0. The highest BCUT2D eigenvalue weighted by atomic mass is 16.5. The lowest BCUT2D eigenvalue weighted by Crippen LogP contribution is -2.40. The molecule has 0 saturated heterocycles. The van der Waals surface area contributed by atoms with Gasteiger partial charge < -0.3 is 9.84 Å². The van der Waals surface area contributed by atoms with Gasteiger partial charge in [0.1, 0.15) is 0 Å². The van der Waals surface area contributed by atoms with Gasteiger partial charge in [0.15, 0.2) is 11.5 Å². The van der Waals surface area contributed by atoms with Crippen molar-refractivity contribution < 1.29 is 9.84 Å². The third kappa shape index (κ3) is 1.03. The molecule has 0 unspecified atom stereocenters. The standard InChI is InChI=1S/C12H14O2/c13-10-4-1-3-9-7-12(5-2-6-12)8-14-11(9)10/h1,3-4,13H,2,5-8H2. The Bertz CT molecular complexity index is 367. The van der Waals surface area contributed by atoms with Crippen molar-refractivity contribution in [1.82, 2.24) is 0 Å². The summed E-state index contributed by atoms with van der Waals surface area (Å²) in [5.41, 5.74) is 1.58. The van der Waals surface area contributed by atoms with Crippen molar-refractivity contribution >= 4 is 0 Å². The minimum absolute atomic E-state index is 0.289. The third-order valence-corrected chi connectivity index (χ3v) is 3.58. The van der Waals surface area contributed by atoms with Gasteiger partial charge in [-0.2, -0.15) is 0 Å². The van der Waals surface area contributed by atoms with Crippen LogP contribution in [-0.2, 0) is 6.42 Å². The summed E-state index contributed by atoms with van der Waals surface area (Å²) in [5.74, 6) is 1.00. The van der Waals surface area contributed by atoms with Gasteiger partial charge in [-0.3, -0.25) is 0 Å². The number of benzene rings is 1. The second-order valence-corrected chi connectivity index (χ2v) is 4.58. The van der Waals surface area contributed by atoms with Gasteiger partial charge in [-0.05, 0) is 30.9 Å². The molecule has 1 aliphatic carbocycles. The molecule has 1 N–H and O–H groups in total. The van der Waals surface area contributed by atoms with E-state index in [1.54, 1.807) is 6.07 Å². The van der Waals surface area contributed by atoms with E-state index in [1.165, 1.54) is 24.8 Å². The Morgan fingerprint density at radius 3 is 2.86 bits per heavy atom. The Labute approximate surface area is 83.5 Å². The number of fused-ring (bicyclic) bond motifs is 1. The number of para-hydroxylation sites is 1. The number of rotatable bonds is 0. The number of phenols is 1. The van der Waals surface area contributed by atoms with Gasteiger partial charge >= 0.3 is 0 Å². The molecule has 0 bridgehead atoms. The first-order chi connectivity index (χ1) is 6.79. The van der Waals surface area contributed by atoms with Gasteiger partial charge in [-0.1, -0.05) is 18.6 Å². The van der Waals surface area contributed by atoms with E-state index in [0.717, 1.165) is 13.0 Å². The van der Waals surface area contributed by atoms with Crippen LogP contribution in [0.2, 0.25) is 0 Å². The van der Waals surface area contributed by atoms with E-state index in [2.05, 4.69) is 6.07 Å². The van der Waals surface area contributed by atoms with Crippen molar-refractivity contribution in [1.29, 1.82) is 0 Å². The predicted molar refractivity (Wildman–Crippen MR) is 53.6 cm³/mol. The minimum Gasteiger partial charge on any atom is -0.504 e. The molecule has 1 heterocycles. The number of ether oxygens (including phenoxy) is 1. The molecule has 0 radical (unpaired) electrons. The molecule has 2 nitrogen and oxygen atoms in total. The Hall–Kier alpha value is -1.18. The first kappa shape index (κ1) is 8.16. The average Bonchev–Trinajstić information content (AvgIpc) is 2.15. The van der Waals surface area contributed by atoms with Gasteiger partial charge in [0, 0.05) is 5.41 Å². The molecule has 1 saturated carbocycles. The zero-order valence-corrected chi connectivity index (χ0v) is 8.12. The number of aromatic hydroxyl groups is 1. The lowest BCUT2D eigenvalue weighted by atomic mass is 9.65. The van der Waals surface area contributed by atoms with Gasteiger partial charge in [-0.25, -0.2) is 0 Å². The van der Waals surface area contributed by atoms with Crippen LogP contribution in [0, 0.1) is 5.41 Å². The van der Waals surface area contributed by atoms with E-state index in [0.29, 0.717) is 11.2 Å². The molecule has 2 aliphatic rings. The monoisotopic (exact) mass is 190 g/mol. The SMILES string of the molecule is Oc1cccc2c1OCC1(CCC1)C2. The second kappa shape index (κ2) is 2.66. The van der Waals surface area contributed by atoms with Crippen molar-refractivity contribution in [3.63, 3.8) is 0 Å². The van der Waals surface area contributed by atoms with Crippen molar-refractivity contribution in [2.45, 2.75) is 25.7 Å². The molecule has 3 rings (SSSR count). The summed E-state index contributed by atoms with van der Waals surface area (Å²) >= 11 is 0. The molecular weight excluding hydrogens is 176 g/mol. The lowest BCUT2D eigenvalue weighted by molar-refractivity contribution is 0.0394. The topological polar surface area (TPSA) is 29.5 Å². The van der Waals surface area contributed by atoms with E-state index in [4.69, 9.17) is 4.74 Å². The smallest absolute Gasteiger partial charge is 0.164 e. The van der Waals surface area contributed by atoms with Crippen molar-refractivity contribution in [3.8, 4) is 11.5 Å². The third-order valence-electron chi connectivity index (χ3n) is 3.58. The maximum atomic E-state index is 9.59. The fraction of sp³-hybridized carbons (Fsp3) is 0.500. The largest absolute Gasteiger partial charge is 0.504 e. The van der Waals surface area contributed by atoms with E-state index in [1.807, 2.05) is 6.07 Å². The lowest BCUT2D eigenvalue weighted by Gasteiger charge is -2.44. The molecule has 0 aromatic heterocycles. The van der Waals surface area contributed by atoms with Crippen LogP contribution in [0.1, 0.15) is 24.8 Å². The van der Waals surface area contributed by atoms with Crippen molar-refractivity contribution in [3.05, 3.63) is 23.8 Å². The highest BCUT2D eigenvalue weighted by Gasteiger charge is 2.41. The van der Waals surface area contributed by atoms with Crippen molar-refractivity contribution in [2.75, 3.05) is 6.61 Å². The molecule has 74 valence electrons. The molecule has 0 amide bonds. The Kier molecular flexibility index (Phi) is 1.55. The molecule has 1 fully saturated rings. The van der Waals surface area contributed by atoms with E-state index >= 15 is 0 Å². The van der Waals surface area contributed by atoms with E-state index in [-0.39, 0.29) is 5.75 Å². The average molecular weight is 190 g/mol. The Morgan fingerprint density at radius 2 is 2.14 bits per heavy atom. The number of phenolic OH excluding ortho intramolecular Hbond substituents is 1. The zero-order valence-electron chi connectivity index (χ0n) is 8.12. The van der Waals surface area contributed by atoms with E-state index in [9.17, 15) is 5.11 Å². The molecular formula is C12H14O2. The summed E-state index contributed by atoms with van der Waals surface area (Å²) in [6.07, 6.45) is 4.97. The molecule has 1 aromatic rings. The molecule has 14 heavy (non-hydrogen) atoms. The highest BCUT2D eigenvalue weighted by molar-refractivity contribution is 5.47. The first-order valence-electron chi connectivity index (χ1n) is 5.23. The fourth-order valence-corrected chi connectivity index (χ4v) is 2.56. The maximum Gasteiger partial charge on any atom is 0.164 e. The molecule has 2 heteroatoms. The summed E-state index contributed by atoms with van der Waals surface area (Å²) in [6.45, 7) is 0.789. The van der Waals surface area contributed by atoms with Crippen LogP contribution in [-0.4, -0.2) is 11.7 Å². The summed E-state index contributed by atoms with van der Waals surface area (Å²) in [6, 6.07) is 5.65. The van der Waals surface area contributed by atoms with Crippen LogP contribution in [0.15, 0.2) is 18.2 Å². The van der Waals surface area contributed by atoms with Crippen molar-refractivity contribution in [2.24, 2.45) is 5.41 Å². The highest BCUT2D eigenvalue weighted by Crippen LogP contribution is 2.49. The van der Waals surface area contributed by atoms with Crippen LogP contribution in [0.3, 0.4) is 0 Å². The maximum absolute atomic E-state index is 9.59. The molecule has 1 spiro atoms. The molecule has 1 aliphatic heterocycles. The normalized spacial score (nSPS) is 22.3. The molecule has 1 aromatic carbocycles. The number of hydrogen-bond acceptors (Lipinski definition) is 2. The van der Waals surface area contributed by atoms with Gasteiger partial charge in [0.05, 0.1) is 6.61 Å². The van der Waals surface area contributed by atoms with Crippen LogP contribution < -0.4 is 4.74 Å². The predicted octanol–water partition coefficient (Wildman–Crippen LogP) is 2.50. The summed E-state index contributed by atoms with van der Waals surface area (Å²) < 4.78 is 5.66. The quantitative estimate of drug-likeness (QED) is 0.681. The summed E-state index contributed by atoms with van der Waals surface area (Å²) in [4.78, 5) is 0. The van der Waals surface area contributed by atoms with Gasteiger partial charge in [0.2, 0.25) is 0 Å². The minimum atomic E-state index is 0.289. The second-order valence-electron chi connectivity index (χ2n) is 4.58. The first-order valence-corrected chi connectivity index (χ1v) is 5.23. The Morgan fingerprint density at radius 1 is 1.29 bits per heavy atom. The summed E-state index contributed by atoms with van der Waals surface area (Å²) in [5, 5.41) is 9.59. The number of hydrogen-bond donors (Lipinski definition) is 1. The van der Waals surface area contributed by atoms with Crippen LogP contribution >= 0.6 is 0 Å². The van der Waals surface area contributed by atoms with Crippen LogP contribution in [0.5, 0.6) is 11.5 Å². The Balaban J connectivity index is 1.98. The van der Waals surface area contributed by atoms with Crippen LogP contribution in [0.4, 0.5) is 0 Å². The van der Waals surface area contributed by atoms with Gasteiger partial charge in [-0.15, -0.1) is 0 Å². The van der Waals surface area contributed by atoms with E-state index < -0.39 is 0 Å². The van der Waals surface area contributed by atoms with Crippen LogP contribution in [0.25, 0.3) is 0 Å². The zero-order chi connectivity index (χ0) is 9.60. The fourth-order valence-electron chi connectivity index (χ4n) is 2.56. The molecule has 0 atom stereocenters.